The van der Waals surface area contributed by atoms with Crippen LogP contribution in [0.15, 0.2) is 48.8 Å². The molecule has 7 heteroatoms. The zero-order valence-corrected chi connectivity index (χ0v) is 17.9. The fraction of sp³-hybridized carbons (Fsp3) is 0.333. The quantitative estimate of drug-likeness (QED) is 0.501. The van der Waals surface area contributed by atoms with Crippen LogP contribution in [0.5, 0.6) is 0 Å². The van der Waals surface area contributed by atoms with E-state index in [2.05, 4.69) is 57.8 Å². The molecule has 1 aliphatic rings. The molecule has 0 atom stereocenters. The number of aromatic nitrogens is 5. The van der Waals surface area contributed by atoms with Gasteiger partial charge < -0.3 is 5.32 Å². The summed E-state index contributed by atoms with van der Waals surface area (Å²) in [4.78, 5) is 17.1. The third-order valence-electron chi connectivity index (χ3n) is 5.78. The van der Waals surface area contributed by atoms with E-state index in [1.54, 1.807) is 10.9 Å². The molecule has 1 fully saturated rings. The summed E-state index contributed by atoms with van der Waals surface area (Å²) in [6.07, 6.45) is 6.25. The minimum atomic E-state index is -0.0819. The SMILES string of the molecule is Cc1ccc(-c2ccnc3c2c(C)nn3CC(=O)NCCn2ccc(C3CC3)n2)cc1. The zero-order valence-electron chi connectivity index (χ0n) is 17.9. The maximum Gasteiger partial charge on any atom is 0.241 e. The number of carbonyl (C=O) groups is 1. The van der Waals surface area contributed by atoms with Crippen LogP contribution in [0.2, 0.25) is 0 Å². The molecule has 7 nitrogen and oxygen atoms in total. The summed E-state index contributed by atoms with van der Waals surface area (Å²) in [7, 11) is 0. The van der Waals surface area contributed by atoms with Gasteiger partial charge >= 0.3 is 0 Å². The van der Waals surface area contributed by atoms with Gasteiger partial charge in [0.05, 0.1) is 17.9 Å². The number of aryl methyl sites for hydroxylation is 2. The van der Waals surface area contributed by atoms with Crippen LogP contribution in [0.4, 0.5) is 0 Å². The molecule has 158 valence electrons. The maximum absolute atomic E-state index is 12.5. The lowest BCUT2D eigenvalue weighted by Gasteiger charge is -2.07. The van der Waals surface area contributed by atoms with Crippen molar-refractivity contribution >= 4 is 16.9 Å². The van der Waals surface area contributed by atoms with E-state index in [-0.39, 0.29) is 12.5 Å². The topological polar surface area (TPSA) is 77.6 Å². The number of amides is 1. The molecule has 1 amide bonds. The van der Waals surface area contributed by atoms with Gasteiger partial charge in [0, 0.05) is 30.2 Å². The van der Waals surface area contributed by atoms with Crippen molar-refractivity contribution in [1.82, 2.24) is 29.9 Å². The van der Waals surface area contributed by atoms with Crippen LogP contribution in [0.3, 0.4) is 0 Å². The van der Waals surface area contributed by atoms with Crippen LogP contribution >= 0.6 is 0 Å². The summed E-state index contributed by atoms with van der Waals surface area (Å²) in [5.74, 6) is 0.561. The maximum atomic E-state index is 12.5. The molecule has 1 N–H and O–H groups in total. The lowest BCUT2D eigenvalue weighted by molar-refractivity contribution is -0.121. The summed E-state index contributed by atoms with van der Waals surface area (Å²) >= 11 is 0. The first-order chi connectivity index (χ1) is 15.1. The van der Waals surface area contributed by atoms with Gasteiger partial charge in [0.15, 0.2) is 5.65 Å². The van der Waals surface area contributed by atoms with E-state index in [0.717, 1.165) is 27.9 Å². The van der Waals surface area contributed by atoms with Gasteiger partial charge in [-0.15, -0.1) is 0 Å². The molecule has 0 aliphatic heterocycles. The largest absolute Gasteiger partial charge is 0.353 e. The number of pyridine rings is 1. The van der Waals surface area contributed by atoms with Gasteiger partial charge in [-0.2, -0.15) is 10.2 Å². The molecule has 0 bridgehead atoms. The van der Waals surface area contributed by atoms with Crippen LogP contribution in [-0.2, 0) is 17.9 Å². The Balaban J connectivity index is 1.28. The van der Waals surface area contributed by atoms with Crippen molar-refractivity contribution in [3.05, 3.63) is 65.7 Å². The van der Waals surface area contributed by atoms with E-state index in [0.29, 0.717) is 19.0 Å². The van der Waals surface area contributed by atoms with Crippen LogP contribution in [0.1, 0.15) is 35.7 Å². The molecule has 0 unspecified atom stereocenters. The van der Waals surface area contributed by atoms with Gasteiger partial charge in [0.25, 0.3) is 0 Å². The highest BCUT2D eigenvalue weighted by molar-refractivity contribution is 5.95. The Hall–Kier alpha value is -3.48. The van der Waals surface area contributed by atoms with Crippen molar-refractivity contribution in [3.63, 3.8) is 0 Å². The Bertz CT molecular complexity index is 1230. The molecule has 3 heterocycles. The first-order valence-electron chi connectivity index (χ1n) is 10.8. The van der Waals surface area contributed by atoms with Crippen LogP contribution < -0.4 is 5.32 Å². The van der Waals surface area contributed by atoms with Crippen molar-refractivity contribution in [2.45, 2.75) is 45.7 Å². The predicted molar refractivity (Wildman–Crippen MR) is 120 cm³/mol. The molecule has 1 saturated carbocycles. The lowest BCUT2D eigenvalue weighted by atomic mass is 10.0. The third kappa shape index (κ3) is 4.08. The average Bonchev–Trinajstić information content (AvgIpc) is 3.43. The second-order valence-corrected chi connectivity index (χ2v) is 8.29. The first-order valence-corrected chi connectivity index (χ1v) is 10.8. The van der Waals surface area contributed by atoms with Crippen molar-refractivity contribution in [2.24, 2.45) is 0 Å². The van der Waals surface area contributed by atoms with Gasteiger partial charge in [0.1, 0.15) is 6.54 Å². The van der Waals surface area contributed by atoms with Crippen molar-refractivity contribution in [3.8, 4) is 11.1 Å². The molecule has 1 aliphatic carbocycles. The molecular weight excluding hydrogens is 388 g/mol. The number of benzene rings is 1. The molecule has 1 aromatic carbocycles. The minimum absolute atomic E-state index is 0.0819. The molecule has 0 radical (unpaired) electrons. The third-order valence-corrected chi connectivity index (χ3v) is 5.78. The smallest absolute Gasteiger partial charge is 0.241 e. The molecular formula is C24H26N6O. The Labute approximate surface area is 181 Å². The van der Waals surface area contributed by atoms with Crippen LogP contribution in [0, 0.1) is 13.8 Å². The number of nitrogens with zero attached hydrogens (tertiary/aromatic N) is 5. The zero-order chi connectivity index (χ0) is 21.4. The number of hydrogen-bond donors (Lipinski definition) is 1. The monoisotopic (exact) mass is 414 g/mol. The highest BCUT2D eigenvalue weighted by Gasteiger charge is 2.25. The van der Waals surface area contributed by atoms with Crippen molar-refractivity contribution in [1.29, 1.82) is 0 Å². The minimum Gasteiger partial charge on any atom is -0.353 e. The van der Waals surface area contributed by atoms with Gasteiger partial charge in [-0.25, -0.2) is 9.67 Å². The summed E-state index contributed by atoms with van der Waals surface area (Å²) in [5, 5.41) is 13.1. The van der Waals surface area contributed by atoms with Gasteiger partial charge in [-0.1, -0.05) is 29.8 Å². The van der Waals surface area contributed by atoms with Crippen molar-refractivity contribution in [2.75, 3.05) is 6.54 Å². The van der Waals surface area contributed by atoms with E-state index in [1.807, 2.05) is 23.9 Å². The molecule has 3 aromatic heterocycles. The van der Waals surface area contributed by atoms with E-state index in [9.17, 15) is 4.79 Å². The Morgan fingerprint density at radius 3 is 2.68 bits per heavy atom. The van der Waals surface area contributed by atoms with Crippen LogP contribution in [0.25, 0.3) is 22.2 Å². The summed E-state index contributed by atoms with van der Waals surface area (Å²) in [6, 6.07) is 12.5. The number of fused-ring (bicyclic) bond motifs is 1. The number of rotatable bonds is 7. The molecule has 4 aromatic rings. The Kier molecular flexibility index (Phi) is 5.02. The van der Waals surface area contributed by atoms with E-state index < -0.39 is 0 Å². The van der Waals surface area contributed by atoms with Crippen molar-refractivity contribution < 1.29 is 4.79 Å². The Morgan fingerprint density at radius 1 is 1.10 bits per heavy atom. The number of nitrogens with one attached hydrogen (secondary N) is 1. The van der Waals surface area contributed by atoms with E-state index >= 15 is 0 Å². The standard InChI is InChI=1S/C24H26N6O/c1-16-3-5-18(6-4-16)20-9-11-26-24-23(20)17(2)27-30(24)15-22(31)25-12-14-29-13-10-21(28-29)19-7-8-19/h3-6,9-11,13,19H,7-8,12,14-15H2,1-2H3,(H,25,31). The fourth-order valence-corrected chi connectivity index (χ4v) is 3.97. The fourth-order valence-electron chi connectivity index (χ4n) is 3.97. The van der Waals surface area contributed by atoms with Crippen LogP contribution in [-0.4, -0.2) is 37.0 Å². The first kappa shape index (κ1) is 19.5. The summed E-state index contributed by atoms with van der Waals surface area (Å²) in [5.41, 5.74) is 6.19. The highest BCUT2D eigenvalue weighted by atomic mass is 16.2. The van der Waals surface area contributed by atoms with E-state index in [4.69, 9.17) is 0 Å². The summed E-state index contributed by atoms with van der Waals surface area (Å²) < 4.78 is 3.59. The van der Waals surface area contributed by atoms with Gasteiger partial charge in [-0.05, 0) is 49.9 Å². The number of carbonyl (C=O) groups excluding carboxylic acids is 1. The van der Waals surface area contributed by atoms with Gasteiger partial charge in [-0.3, -0.25) is 9.48 Å². The lowest BCUT2D eigenvalue weighted by Crippen LogP contribution is -2.31. The average molecular weight is 415 g/mol. The normalized spacial score (nSPS) is 13.6. The Morgan fingerprint density at radius 2 is 1.90 bits per heavy atom. The second kappa shape index (κ2) is 7.98. The second-order valence-electron chi connectivity index (χ2n) is 8.29. The van der Waals surface area contributed by atoms with E-state index in [1.165, 1.54) is 24.1 Å². The molecule has 0 saturated heterocycles. The summed E-state index contributed by atoms with van der Waals surface area (Å²) in [6.45, 7) is 5.37. The molecule has 0 spiro atoms. The molecule has 31 heavy (non-hydrogen) atoms. The predicted octanol–water partition coefficient (Wildman–Crippen LogP) is 3.61. The number of hydrogen-bond acceptors (Lipinski definition) is 4. The molecule has 5 rings (SSSR count). The highest BCUT2D eigenvalue weighted by Crippen LogP contribution is 2.38. The van der Waals surface area contributed by atoms with Gasteiger partial charge in [0.2, 0.25) is 5.91 Å².